The van der Waals surface area contributed by atoms with Crippen LogP contribution in [0.3, 0.4) is 0 Å². The maximum atomic E-state index is 12.3. The van der Waals surface area contributed by atoms with Crippen LogP contribution >= 0.6 is 0 Å². The van der Waals surface area contributed by atoms with Crippen LogP contribution in [0, 0.1) is 5.92 Å². The number of carbonyl (C=O) groups is 3. The Hall–Kier alpha value is -1.59. The molecule has 2 rings (SSSR count). The molecule has 6 heteroatoms. The summed E-state index contributed by atoms with van der Waals surface area (Å²) < 4.78 is 0. The van der Waals surface area contributed by atoms with Crippen molar-refractivity contribution in [3.05, 3.63) is 0 Å². The lowest BCUT2D eigenvalue weighted by Gasteiger charge is -2.40. The minimum absolute atomic E-state index is 0.0156. The number of aliphatic carboxylic acids is 1. The van der Waals surface area contributed by atoms with Crippen LogP contribution in [0.1, 0.15) is 32.6 Å². The van der Waals surface area contributed by atoms with Crippen LogP contribution in [0.15, 0.2) is 0 Å². The van der Waals surface area contributed by atoms with Crippen molar-refractivity contribution < 1.29 is 19.5 Å². The van der Waals surface area contributed by atoms with Crippen molar-refractivity contribution in [1.82, 2.24) is 9.80 Å². The van der Waals surface area contributed by atoms with Gasteiger partial charge in [0, 0.05) is 25.6 Å². The maximum Gasteiger partial charge on any atom is 0.305 e. The third kappa shape index (κ3) is 3.05. The Morgan fingerprint density at radius 3 is 2.53 bits per heavy atom. The van der Waals surface area contributed by atoms with Gasteiger partial charge in [0.1, 0.15) is 6.04 Å². The summed E-state index contributed by atoms with van der Waals surface area (Å²) in [7, 11) is 0. The first-order valence-corrected chi connectivity index (χ1v) is 6.85. The molecule has 2 amide bonds. The van der Waals surface area contributed by atoms with Crippen LogP contribution in [0.25, 0.3) is 0 Å². The summed E-state index contributed by atoms with van der Waals surface area (Å²) in [5, 5.41) is 8.94. The minimum Gasteiger partial charge on any atom is -0.481 e. The summed E-state index contributed by atoms with van der Waals surface area (Å²) in [4.78, 5) is 38.5. The normalized spacial score (nSPS) is 23.6. The van der Waals surface area contributed by atoms with E-state index in [-0.39, 0.29) is 24.2 Å². The SMILES string of the molecule is CCCN1CCN(C(=O)C2CC2)C(CC(=O)O)C1=O. The summed E-state index contributed by atoms with van der Waals surface area (Å²) in [6.45, 7) is 3.57. The Kier molecular flexibility index (Phi) is 4.07. The van der Waals surface area contributed by atoms with E-state index in [1.807, 2.05) is 6.92 Å². The van der Waals surface area contributed by atoms with Crippen LogP contribution in [0.2, 0.25) is 0 Å². The van der Waals surface area contributed by atoms with Crippen LogP contribution in [0.4, 0.5) is 0 Å². The van der Waals surface area contributed by atoms with E-state index < -0.39 is 12.0 Å². The molecular weight excluding hydrogens is 248 g/mol. The zero-order chi connectivity index (χ0) is 14.0. The number of amides is 2. The highest BCUT2D eigenvalue weighted by molar-refractivity contribution is 5.92. The first-order valence-electron chi connectivity index (χ1n) is 6.85. The average molecular weight is 268 g/mol. The van der Waals surface area contributed by atoms with E-state index >= 15 is 0 Å². The van der Waals surface area contributed by atoms with Gasteiger partial charge >= 0.3 is 5.97 Å². The molecule has 1 saturated heterocycles. The standard InChI is InChI=1S/C13H20N2O4/c1-2-5-14-6-7-15(12(18)9-3-4-9)10(13(14)19)8-11(16)17/h9-10H,2-8H2,1H3,(H,16,17). The van der Waals surface area contributed by atoms with Gasteiger partial charge in [-0.15, -0.1) is 0 Å². The number of rotatable bonds is 5. The molecule has 106 valence electrons. The molecule has 0 aromatic rings. The van der Waals surface area contributed by atoms with E-state index in [0.717, 1.165) is 19.3 Å². The van der Waals surface area contributed by atoms with E-state index in [4.69, 9.17) is 5.11 Å². The molecule has 19 heavy (non-hydrogen) atoms. The molecule has 1 unspecified atom stereocenters. The summed E-state index contributed by atoms with van der Waals surface area (Å²) in [6.07, 6.45) is 2.27. The highest BCUT2D eigenvalue weighted by Gasteiger charge is 2.42. The van der Waals surface area contributed by atoms with E-state index in [0.29, 0.717) is 19.6 Å². The second-order valence-electron chi connectivity index (χ2n) is 5.24. The Balaban J connectivity index is 2.11. The monoisotopic (exact) mass is 268 g/mol. The third-order valence-electron chi connectivity index (χ3n) is 3.65. The fourth-order valence-corrected chi connectivity index (χ4v) is 2.52. The van der Waals surface area contributed by atoms with E-state index in [9.17, 15) is 14.4 Å². The van der Waals surface area contributed by atoms with Crippen LogP contribution in [0.5, 0.6) is 0 Å². The molecule has 1 aliphatic heterocycles. The number of nitrogens with zero attached hydrogens (tertiary/aromatic N) is 2. The molecule has 6 nitrogen and oxygen atoms in total. The molecule has 2 fully saturated rings. The summed E-state index contributed by atoms with van der Waals surface area (Å²) in [5.41, 5.74) is 0. The number of hydrogen-bond acceptors (Lipinski definition) is 3. The summed E-state index contributed by atoms with van der Waals surface area (Å²) in [6, 6.07) is -0.814. The summed E-state index contributed by atoms with van der Waals surface area (Å²) in [5.74, 6) is -1.28. The number of carboxylic acid groups (broad SMARTS) is 1. The first kappa shape index (κ1) is 13.8. The zero-order valence-corrected chi connectivity index (χ0v) is 11.2. The lowest BCUT2D eigenvalue weighted by molar-refractivity contribution is -0.156. The lowest BCUT2D eigenvalue weighted by atomic mass is 10.1. The predicted octanol–water partition coefficient (Wildman–Crippen LogP) is 0.320. The number of carboxylic acids is 1. The molecule has 1 heterocycles. The van der Waals surface area contributed by atoms with Crippen LogP contribution in [-0.2, 0) is 14.4 Å². The number of carbonyl (C=O) groups excluding carboxylic acids is 2. The molecule has 0 bridgehead atoms. The minimum atomic E-state index is -1.04. The Bertz CT molecular complexity index is 392. The van der Waals surface area contributed by atoms with E-state index in [2.05, 4.69) is 0 Å². The summed E-state index contributed by atoms with van der Waals surface area (Å²) >= 11 is 0. The average Bonchev–Trinajstić information content (AvgIpc) is 3.17. The Morgan fingerprint density at radius 1 is 1.32 bits per heavy atom. The zero-order valence-electron chi connectivity index (χ0n) is 11.2. The molecular formula is C13H20N2O4. The van der Waals surface area contributed by atoms with Gasteiger partial charge in [-0.25, -0.2) is 0 Å². The van der Waals surface area contributed by atoms with Gasteiger partial charge in [-0.05, 0) is 19.3 Å². The molecule has 1 N–H and O–H groups in total. The Labute approximate surface area is 112 Å². The van der Waals surface area contributed by atoms with Gasteiger partial charge in [-0.3, -0.25) is 14.4 Å². The Morgan fingerprint density at radius 2 is 2.00 bits per heavy atom. The third-order valence-corrected chi connectivity index (χ3v) is 3.65. The van der Waals surface area contributed by atoms with Gasteiger partial charge in [-0.2, -0.15) is 0 Å². The fourth-order valence-electron chi connectivity index (χ4n) is 2.52. The van der Waals surface area contributed by atoms with E-state index in [1.165, 1.54) is 4.90 Å². The fraction of sp³-hybridized carbons (Fsp3) is 0.769. The van der Waals surface area contributed by atoms with E-state index in [1.54, 1.807) is 4.90 Å². The van der Waals surface area contributed by atoms with Gasteiger partial charge < -0.3 is 14.9 Å². The molecule has 1 saturated carbocycles. The van der Waals surface area contributed by atoms with Crippen molar-refractivity contribution in [2.45, 2.75) is 38.6 Å². The predicted molar refractivity (Wildman–Crippen MR) is 67.3 cm³/mol. The van der Waals surface area contributed by atoms with Crippen molar-refractivity contribution in [2.75, 3.05) is 19.6 Å². The molecule has 2 aliphatic rings. The topological polar surface area (TPSA) is 77.9 Å². The van der Waals surface area contributed by atoms with Crippen molar-refractivity contribution in [3.63, 3.8) is 0 Å². The van der Waals surface area contributed by atoms with Crippen molar-refractivity contribution in [3.8, 4) is 0 Å². The van der Waals surface area contributed by atoms with Crippen molar-refractivity contribution in [2.24, 2.45) is 5.92 Å². The second-order valence-corrected chi connectivity index (χ2v) is 5.24. The van der Waals surface area contributed by atoms with Gasteiger partial charge in [0.05, 0.1) is 6.42 Å². The van der Waals surface area contributed by atoms with Gasteiger partial charge in [0.15, 0.2) is 0 Å². The molecule has 0 spiro atoms. The highest BCUT2D eigenvalue weighted by Crippen LogP contribution is 2.32. The highest BCUT2D eigenvalue weighted by atomic mass is 16.4. The quantitative estimate of drug-likeness (QED) is 0.779. The largest absolute Gasteiger partial charge is 0.481 e. The number of piperazine rings is 1. The van der Waals surface area contributed by atoms with Gasteiger partial charge in [0.2, 0.25) is 11.8 Å². The van der Waals surface area contributed by atoms with Crippen LogP contribution in [-0.4, -0.2) is 58.4 Å². The lowest BCUT2D eigenvalue weighted by Crippen LogP contribution is -2.59. The van der Waals surface area contributed by atoms with Crippen LogP contribution < -0.4 is 0 Å². The first-order chi connectivity index (χ1) is 9.04. The molecule has 1 aliphatic carbocycles. The van der Waals surface area contributed by atoms with Crippen molar-refractivity contribution >= 4 is 17.8 Å². The van der Waals surface area contributed by atoms with Crippen molar-refractivity contribution in [1.29, 1.82) is 0 Å². The van der Waals surface area contributed by atoms with Gasteiger partial charge in [0.25, 0.3) is 0 Å². The number of hydrogen-bond donors (Lipinski definition) is 1. The van der Waals surface area contributed by atoms with Gasteiger partial charge in [-0.1, -0.05) is 6.92 Å². The molecule has 0 aromatic heterocycles. The molecule has 0 aromatic carbocycles. The molecule has 0 radical (unpaired) electrons. The maximum absolute atomic E-state index is 12.3. The smallest absolute Gasteiger partial charge is 0.305 e. The molecule has 1 atom stereocenters. The second kappa shape index (κ2) is 5.59.